The molecule has 0 unspecified atom stereocenters. The summed E-state index contributed by atoms with van der Waals surface area (Å²) in [5.74, 6) is -2.19. The number of carbonyl (C=O) groups excluding carboxylic acids is 3. The molecule has 5 aromatic heterocycles. The Morgan fingerprint density at radius 1 is 0.408 bits per heavy atom. The fourth-order valence-corrected chi connectivity index (χ4v) is 10.8. The van der Waals surface area contributed by atoms with Crippen molar-refractivity contribution in [2.45, 2.75) is 19.8 Å². The monoisotopic (exact) mass is 1450 g/mol. The Balaban J connectivity index is 0.000000138. The van der Waals surface area contributed by atoms with Gasteiger partial charge in [0.2, 0.25) is 0 Å². The number of nitrogens with one attached hydrogen (secondary N) is 3. The third-order valence-corrected chi connectivity index (χ3v) is 16.2. The van der Waals surface area contributed by atoms with Gasteiger partial charge in [0.05, 0.1) is 72.5 Å². The number of carbonyl (C=O) groups is 3. The average Bonchev–Trinajstić information content (AvgIpc) is 1.55. The van der Waals surface area contributed by atoms with Crippen LogP contribution in [0.15, 0.2) is 214 Å². The minimum absolute atomic E-state index is 0.0374. The normalized spacial score (nSPS) is 11.7. The van der Waals surface area contributed by atoms with E-state index in [9.17, 15) is 40.7 Å². The van der Waals surface area contributed by atoms with Gasteiger partial charge in [-0.1, -0.05) is 34.8 Å². The molecule has 1 aliphatic heterocycles. The molecule has 1 aliphatic rings. The molecule has 3 amide bonds. The summed E-state index contributed by atoms with van der Waals surface area (Å²) >= 11 is 17.0. The Bertz CT molecular complexity index is 5580. The number of rotatable bonds is 15. The fourth-order valence-electron chi connectivity index (χ4n) is 10.4. The highest BCUT2D eigenvalue weighted by Crippen LogP contribution is 2.33. The van der Waals surface area contributed by atoms with Gasteiger partial charge in [-0.3, -0.25) is 38.5 Å². The molecule has 9 aromatic carbocycles. The molecule has 0 spiro atoms. The smallest absolute Gasteiger partial charge is 0.255 e. The highest BCUT2D eigenvalue weighted by molar-refractivity contribution is 6.31. The van der Waals surface area contributed by atoms with Gasteiger partial charge in [0.1, 0.15) is 87.9 Å². The summed E-state index contributed by atoms with van der Waals surface area (Å²) in [7, 11) is 0. The van der Waals surface area contributed by atoms with Crippen molar-refractivity contribution in [3.05, 3.63) is 286 Å². The number of fused-ring (bicyclic) bond motifs is 3. The average molecular weight is 1450 g/mol. The predicted molar refractivity (Wildman–Crippen MR) is 377 cm³/mol. The lowest BCUT2D eigenvalue weighted by Crippen LogP contribution is -2.19. The Hall–Kier alpha value is -12.5. The van der Waals surface area contributed by atoms with Crippen LogP contribution in [0.25, 0.3) is 44.7 Å². The number of ether oxygens (including phenoxy) is 3. The Morgan fingerprint density at radius 2 is 0.786 bits per heavy atom. The molecule has 0 aliphatic carbocycles. The molecule has 514 valence electrons. The summed E-state index contributed by atoms with van der Waals surface area (Å²) in [6, 6.07) is 37.7. The van der Waals surface area contributed by atoms with Crippen LogP contribution in [0.5, 0.6) is 34.5 Å². The van der Waals surface area contributed by atoms with Crippen molar-refractivity contribution in [2.75, 3.05) is 33.9 Å². The van der Waals surface area contributed by atoms with Gasteiger partial charge >= 0.3 is 0 Å². The zero-order valence-corrected chi connectivity index (χ0v) is 55.6. The number of hydrogen-bond acceptors (Lipinski definition) is 15. The first kappa shape index (κ1) is 69.0. The van der Waals surface area contributed by atoms with Crippen molar-refractivity contribution in [1.29, 1.82) is 0 Å². The van der Waals surface area contributed by atoms with E-state index >= 15 is 0 Å². The third kappa shape index (κ3) is 17.2. The molecule has 14 aromatic rings. The number of amides is 3. The second kappa shape index (κ2) is 30.5. The molecule has 15 rings (SSSR count). The number of aryl methyl sites for hydroxylation is 1. The summed E-state index contributed by atoms with van der Waals surface area (Å²) in [5.41, 5.74) is 5.23. The lowest BCUT2D eigenvalue weighted by molar-refractivity contribution is 0.101. The number of hydrogen-bond donors (Lipinski definition) is 3. The lowest BCUT2D eigenvalue weighted by Gasteiger charge is -2.16. The predicted octanol–water partition coefficient (Wildman–Crippen LogP) is 18.1. The highest BCUT2D eigenvalue weighted by Gasteiger charge is 2.19. The fraction of sp³-hybridized carbons (Fsp3) is 0.0676. The number of benzene rings is 9. The first-order valence-corrected chi connectivity index (χ1v) is 32.2. The van der Waals surface area contributed by atoms with E-state index in [0.717, 1.165) is 79.4 Å². The van der Waals surface area contributed by atoms with Gasteiger partial charge in [-0.2, -0.15) is 0 Å². The van der Waals surface area contributed by atoms with Gasteiger partial charge in [0.25, 0.3) is 17.7 Å². The van der Waals surface area contributed by atoms with Gasteiger partial charge in [0.15, 0.2) is 11.6 Å². The van der Waals surface area contributed by atoms with Crippen LogP contribution in [0, 0.1) is 41.8 Å². The summed E-state index contributed by atoms with van der Waals surface area (Å²) in [5, 5.41) is 7.30. The second-order valence-electron chi connectivity index (χ2n) is 22.8. The van der Waals surface area contributed by atoms with E-state index in [2.05, 4.69) is 55.7 Å². The number of aromatic nitrogens is 10. The van der Waals surface area contributed by atoms with Gasteiger partial charge in [-0.25, -0.2) is 51.3 Å². The largest absolute Gasteiger partial charge is 0.457 e. The topological polar surface area (TPSA) is 231 Å². The minimum Gasteiger partial charge on any atom is -0.457 e. The first-order valence-electron chi connectivity index (χ1n) is 31.0. The van der Waals surface area contributed by atoms with Gasteiger partial charge in [0, 0.05) is 120 Å². The van der Waals surface area contributed by atoms with E-state index < -0.39 is 52.6 Å². The maximum atomic E-state index is 14.3. The maximum Gasteiger partial charge on any atom is 0.255 e. The molecule has 6 heterocycles. The van der Waals surface area contributed by atoms with Crippen molar-refractivity contribution in [3.8, 4) is 46.1 Å². The van der Waals surface area contributed by atoms with Crippen molar-refractivity contribution < 1.29 is 54.9 Å². The third-order valence-electron chi connectivity index (χ3n) is 15.3. The van der Waals surface area contributed by atoms with Crippen molar-refractivity contribution in [3.63, 3.8) is 0 Å². The second-order valence-corrected chi connectivity index (χ2v) is 24.0. The van der Waals surface area contributed by atoms with Gasteiger partial charge in [-0.15, -0.1) is 0 Å². The quantitative estimate of drug-likeness (QED) is 0.0810. The lowest BCUT2D eigenvalue weighted by atomic mass is 10.2. The van der Waals surface area contributed by atoms with Crippen LogP contribution in [0.1, 0.15) is 49.6 Å². The molecule has 3 N–H and O–H groups in total. The van der Waals surface area contributed by atoms with E-state index in [1.165, 1.54) is 72.8 Å². The summed E-state index contributed by atoms with van der Waals surface area (Å²) in [4.78, 5) is 74.8. The minimum atomic E-state index is -0.729. The molecule has 0 saturated carbocycles. The zero-order valence-electron chi connectivity index (χ0n) is 53.3. The van der Waals surface area contributed by atoms with Gasteiger partial charge < -0.3 is 35.1 Å². The van der Waals surface area contributed by atoms with Crippen molar-refractivity contribution in [1.82, 2.24) is 49.0 Å². The molecular formula is C74H49Cl3F6N14O6. The Morgan fingerprint density at radius 3 is 1.15 bits per heavy atom. The molecular weight excluding hydrogens is 1400 g/mol. The SMILES string of the molecule is Cc1cn(-c2cnc3ccc(Oc4cc(F)cc(NC(=O)c5ccc(Cl)c(F)c5)c4)cc3n2)cn1.O=C(Nc1cc(F)cc(Oc2ccc3ncc(-n4ccnc4)nc3c2)c1)c1ccc(Cl)c(F)c1.O=C(Nc1cc(F)cc(Oc2ccc3ncc(N4CCCC4)nc3c2)c1)c1ccc(Cl)c(F)c1. The Kier molecular flexibility index (Phi) is 20.4. The number of halogens is 9. The zero-order chi connectivity index (χ0) is 71.8. The van der Waals surface area contributed by atoms with Crippen molar-refractivity contribution >= 4 is 109 Å². The molecule has 0 radical (unpaired) electrons. The molecule has 103 heavy (non-hydrogen) atoms. The van der Waals surface area contributed by atoms with Crippen LogP contribution in [0.4, 0.5) is 49.2 Å². The molecule has 0 atom stereocenters. The molecule has 1 saturated heterocycles. The Labute approximate surface area is 595 Å². The first-order chi connectivity index (χ1) is 49.7. The summed E-state index contributed by atoms with van der Waals surface area (Å²) in [6.07, 6.45) is 15.8. The highest BCUT2D eigenvalue weighted by atomic mass is 35.5. The van der Waals surface area contributed by atoms with E-state index in [1.807, 2.05) is 13.1 Å². The van der Waals surface area contributed by atoms with Gasteiger partial charge in [-0.05, 0) is 129 Å². The molecule has 0 bridgehead atoms. The van der Waals surface area contributed by atoms with E-state index in [0.29, 0.717) is 56.5 Å². The number of imidazole rings is 2. The molecule has 1 fully saturated rings. The summed E-state index contributed by atoms with van der Waals surface area (Å²) < 4.78 is 105. The van der Waals surface area contributed by atoms with E-state index in [-0.39, 0.29) is 66.1 Å². The molecule has 29 heteroatoms. The van der Waals surface area contributed by atoms with E-state index in [1.54, 1.807) is 107 Å². The van der Waals surface area contributed by atoms with Crippen LogP contribution in [-0.2, 0) is 0 Å². The van der Waals surface area contributed by atoms with Crippen LogP contribution >= 0.6 is 34.8 Å². The van der Waals surface area contributed by atoms with Crippen LogP contribution < -0.4 is 35.1 Å². The van der Waals surface area contributed by atoms with Crippen LogP contribution in [-0.4, -0.2) is 79.8 Å². The standard InChI is InChI=1S/C25H16ClF2N5O2.C25H19ClF2N4O2.C24H14ClF2N5O2/c1-14-12-33(13-30-14)24-11-29-22-5-3-18(10-23(22)32-24)35-19-8-16(27)7-17(9-19)31-25(34)15-2-4-20(26)21(28)6-15;26-20-5-3-15(9-21(20)28)25(33)30-17-10-16(27)11-19(12-17)34-18-4-6-22-23(13-18)31-24(14-29-22)32-7-1-2-8-32;25-19-3-1-14(7-20(19)27)24(33)30-16-8-15(26)9-18(10-16)34-17-2-4-21-22(11-17)31-23(12-29-21)32-6-5-28-13-32/h2-13H,1H3,(H,31,34);3-6,9-14H,1-2,7-8H2,(H,30,33);1-13H,(H,30,33). The van der Waals surface area contributed by atoms with Crippen molar-refractivity contribution in [2.24, 2.45) is 0 Å². The summed E-state index contributed by atoms with van der Waals surface area (Å²) in [6.45, 7) is 3.79. The van der Waals surface area contributed by atoms with E-state index in [4.69, 9.17) is 54.0 Å². The molecule has 20 nitrogen and oxygen atoms in total. The van der Waals surface area contributed by atoms with Crippen LogP contribution in [0.3, 0.4) is 0 Å². The van der Waals surface area contributed by atoms with Crippen LogP contribution in [0.2, 0.25) is 15.1 Å². The number of anilines is 4. The number of nitrogens with zero attached hydrogens (tertiary/aromatic N) is 11. The maximum absolute atomic E-state index is 14.3.